The van der Waals surface area contributed by atoms with Crippen LogP contribution in [0.5, 0.6) is 0 Å². The zero-order valence-electron chi connectivity index (χ0n) is 12.5. The molecule has 19 heavy (non-hydrogen) atoms. The van der Waals surface area contributed by atoms with E-state index in [4.69, 9.17) is 10.2 Å². The van der Waals surface area contributed by atoms with Gasteiger partial charge in [0, 0.05) is 11.1 Å². The quantitative estimate of drug-likeness (QED) is 0.385. The summed E-state index contributed by atoms with van der Waals surface area (Å²) in [7, 11) is 0. The van der Waals surface area contributed by atoms with Gasteiger partial charge in [0.2, 0.25) is 0 Å². The van der Waals surface area contributed by atoms with Crippen molar-refractivity contribution in [1.29, 1.82) is 0 Å². The van der Waals surface area contributed by atoms with Crippen LogP contribution >= 0.6 is 0 Å². The van der Waals surface area contributed by atoms with Gasteiger partial charge in [0.05, 0.1) is 0 Å². The Morgan fingerprint density at radius 3 is 1.37 bits per heavy atom. The second-order valence-electron chi connectivity index (χ2n) is 4.32. The van der Waals surface area contributed by atoms with E-state index in [-0.39, 0.29) is 32.3 Å². The number of carboxylic acid groups (broad SMARTS) is 2. The number of aliphatic carboxylic acids is 2. The molecule has 0 saturated carbocycles. The minimum atomic E-state index is -1.19. The molecule has 0 fully saturated rings. The van der Waals surface area contributed by atoms with Gasteiger partial charge >= 0.3 is 81.5 Å². The molecular weight excluding hydrogens is 351 g/mol. The van der Waals surface area contributed by atoms with E-state index in [0.717, 1.165) is 0 Å². The SMILES string of the molecule is C/C(C(=O)O)=C(\C)C(=O)O.CCC[CH2][Sn][CH2]CCC. The van der Waals surface area contributed by atoms with Gasteiger partial charge in [0.25, 0.3) is 0 Å². The molecule has 0 aliphatic rings. The Kier molecular flexibility index (Phi) is 15.2. The number of hydrogen-bond acceptors (Lipinski definition) is 2. The van der Waals surface area contributed by atoms with Crippen LogP contribution in [0, 0.1) is 0 Å². The van der Waals surface area contributed by atoms with Crippen molar-refractivity contribution in [2.24, 2.45) is 0 Å². The molecule has 0 aliphatic heterocycles. The summed E-state index contributed by atoms with van der Waals surface area (Å²) in [6.07, 6.45) is 5.84. The third-order valence-corrected chi connectivity index (χ3v) is 6.65. The molecule has 0 amide bonds. The summed E-state index contributed by atoms with van der Waals surface area (Å²) in [5, 5.41) is 16.6. The van der Waals surface area contributed by atoms with E-state index < -0.39 is 11.9 Å². The van der Waals surface area contributed by atoms with Crippen molar-refractivity contribution in [3.63, 3.8) is 0 Å². The number of hydrogen-bond donors (Lipinski definition) is 2. The number of unbranched alkanes of at least 4 members (excludes halogenated alkanes) is 2. The maximum absolute atomic E-state index is 10.1. The van der Waals surface area contributed by atoms with Crippen molar-refractivity contribution >= 4 is 33.1 Å². The van der Waals surface area contributed by atoms with E-state index in [1.54, 1.807) is 8.87 Å². The summed E-state index contributed by atoms with van der Waals surface area (Å²) < 4.78 is 3.25. The average Bonchev–Trinajstić information content (AvgIpc) is 2.37. The molecule has 2 radical (unpaired) electrons. The standard InChI is InChI=1S/C6H8O4.2C4H9.Sn/c1-3(5(7)8)4(2)6(9)10;2*1-3-4-2;/h1-2H3,(H,7,8)(H,9,10);2*1,3-4H2,2H3;/b4-3-;;;. The molecule has 2 N–H and O–H groups in total. The Labute approximate surface area is 126 Å². The fraction of sp³-hybridized carbons (Fsp3) is 0.714. The van der Waals surface area contributed by atoms with Crippen molar-refractivity contribution in [3.05, 3.63) is 11.1 Å². The van der Waals surface area contributed by atoms with E-state index in [2.05, 4.69) is 13.8 Å². The topological polar surface area (TPSA) is 74.6 Å². The van der Waals surface area contributed by atoms with Crippen LogP contribution in [0.2, 0.25) is 8.87 Å². The molecule has 110 valence electrons. The van der Waals surface area contributed by atoms with Crippen LogP contribution in [0.4, 0.5) is 0 Å². The van der Waals surface area contributed by atoms with Crippen LogP contribution in [0.1, 0.15) is 53.4 Å². The molecular formula is C14H26O4Sn. The first-order valence-corrected chi connectivity index (χ1v) is 10.8. The van der Waals surface area contributed by atoms with Gasteiger partial charge in [0.15, 0.2) is 0 Å². The summed E-state index contributed by atoms with van der Waals surface area (Å²) in [6.45, 7) is 7.09. The van der Waals surface area contributed by atoms with Crippen molar-refractivity contribution in [3.8, 4) is 0 Å². The Bertz CT molecular complexity index is 270. The molecule has 5 heteroatoms. The van der Waals surface area contributed by atoms with Gasteiger partial charge in [-0.25, -0.2) is 9.59 Å². The van der Waals surface area contributed by atoms with Gasteiger partial charge < -0.3 is 10.2 Å². The van der Waals surface area contributed by atoms with E-state index in [1.165, 1.54) is 39.5 Å². The molecule has 0 heterocycles. The molecule has 0 rings (SSSR count). The van der Waals surface area contributed by atoms with Crippen LogP contribution in [0.3, 0.4) is 0 Å². The molecule has 0 bridgehead atoms. The molecule has 0 aromatic carbocycles. The van der Waals surface area contributed by atoms with E-state index in [0.29, 0.717) is 0 Å². The molecule has 0 aromatic heterocycles. The Morgan fingerprint density at radius 1 is 0.842 bits per heavy atom. The molecule has 4 nitrogen and oxygen atoms in total. The molecule has 0 atom stereocenters. The van der Waals surface area contributed by atoms with Gasteiger partial charge in [-0.05, 0) is 13.8 Å². The Morgan fingerprint density at radius 2 is 1.16 bits per heavy atom. The van der Waals surface area contributed by atoms with Crippen molar-refractivity contribution in [1.82, 2.24) is 0 Å². The van der Waals surface area contributed by atoms with Crippen LogP contribution in [0.25, 0.3) is 0 Å². The monoisotopic (exact) mass is 378 g/mol. The Balaban J connectivity index is 0. The summed E-state index contributed by atoms with van der Waals surface area (Å²) in [6, 6.07) is 0. The maximum atomic E-state index is 10.1. The second kappa shape index (κ2) is 13.9. The Hall–Kier alpha value is -0.521. The van der Waals surface area contributed by atoms with Crippen LogP contribution in [0.15, 0.2) is 11.1 Å². The summed E-state index contributed by atoms with van der Waals surface area (Å²) >= 11 is 0.149. The van der Waals surface area contributed by atoms with E-state index >= 15 is 0 Å². The summed E-state index contributed by atoms with van der Waals surface area (Å²) in [5.74, 6) is -2.39. The molecule has 0 saturated heterocycles. The first kappa shape index (κ1) is 20.8. The fourth-order valence-electron chi connectivity index (χ4n) is 1.05. The van der Waals surface area contributed by atoms with Gasteiger partial charge in [-0.15, -0.1) is 0 Å². The fourth-order valence-corrected chi connectivity index (χ4v) is 5.21. The zero-order valence-corrected chi connectivity index (χ0v) is 15.3. The third kappa shape index (κ3) is 13.7. The van der Waals surface area contributed by atoms with Crippen molar-refractivity contribution < 1.29 is 19.8 Å². The predicted molar refractivity (Wildman–Crippen MR) is 78.8 cm³/mol. The third-order valence-electron chi connectivity index (χ3n) is 2.62. The van der Waals surface area contributed by atoms with E-state index in [1.807, 2.05) is 0 Å². The summed E-state index contributed by atoms with van der Waals surface area (Å²) in [4.78, 5) is 20.2. The number of rotatable bonds is 8. The van der Waals surface area contributed by atoms with Crippen LogP contribution in [-0.2, 0) is 9.59 Å². The average molecular weight is 377 g/mol. The number of carbonyl (C=O) groups is 2. The normalized spacial score (nSPS) is 11.2. The van der Waals surface area contributed by atoms with Gasteiger partial charge in [-0.3, -0.25) is 0 Å². The molecule has 0 aliphatic carbocycles. The molecule has 0 spiro atoms. The van der Waals surface area contributed by atoms with Crippen LogP contribution in [-0.4, -0.2) is 43.3 Å². The second-order valence-corrected chi connectivity index (χ2v) is 8.60. The first-order valence-electron chi connectivity index (χ1n) is 6.73. The van der Waals surface area contributed by atoms with Gasteiger partial charge in [0.1, 0.15) is 0 Å². The predicted octanol–water partition coefficient (Wildman–Crippen LogP) is 3.62. The van der Waals surface area contributed by atoms with Crippen LogP contribution < -0.4 is 0 Å². The van der Waals surface area contributed by atoms with Crippen molar-refractivity contribution in [2.45, 2.75) is 62.3 Å². The molecule has 0 unspecified atom stereocenters. The van der Waals surface area contributed by atoms with Gasteiger partial charge in [-0.1, -0.05) is 0 Å². The van der Waals surface area contributed by atoms with Gasteiger partial charge in [-0.2, -0.15) is 0 Å². The molecule has 0 aromatic rings. The zero-order chi connectivity index (χ0) is 15.3. The van der Waals surface area contributed by atoms with Crippen molar-refractivity contribution in [2.75, 3.05) is 0 Å². The number of carboxylic acids is 2. The minimum absolute atomic E-state index is 0.132. The first-order chi connectivity index (χ1) is 8.88. The van der Waals surface area contributed by atoms with E-state index in [9.17, 15) is 9.59 Å². The summed E-state index contributed by atoms with van der Waals surface area (Å²) in [5.41, 5.74) is -0.264.